The fourth-order valence-electron chi connectivity index (χ4n) is 5.65. The predicted molar refractivity (Wildman–Crippen MR) is 119 cm³/mol. The number of aromatic nitrogens is 2. The lowest BCUT2D eigenvalue weighted by Gasteiger charge is -2.43. The van der Waals surface area contributed by atoms with Crippen LogP contribution in [0.2, 0.25) is 0 Å². The highest BCUT2D eigenvalue weighted by Crippen LogP contribution is 2.45. The van der Waals surface area contributed by atoms with E-state index in [2.05, 4.69) is 14.9 Å². The Kier molecular flexibility index (Phi) is 4.65. The number of rotatable bonds is 5. The van der Waals surface area contributed by atoms with E-state index in [0.29, 0.717) is 52.5 Å². The van der Waals surface area contributed by atoms with Crippen molar-refractivity contribution in [1.82, 2.24) is 19.8 Å². The number of carbonyl (C=O) groups is 2. The molecule has 1 saturated heterocycles. The van der Waals surface area contributed by atoms with Crippen LogP contribution in [0.1, 0.15) is 32.7 Å². The molecule has 0 spiro atoms. The number of pyridine rings is 2. The Morgan fingerprint density at radius 2 is 1.85 bits per heavy atom. The predicted octanol–water partition coefficient (Wildman–Crippen LogP) is 2.94. The van der Waals surface area contributed by atoms with E-state index in [1.165, 1.54) is 18.2 Å². The van der Waals surface area contributed by atoms with Gasteiger partial charge >= 0.3 is 0 Å². The number of fused-ring (bicyclic) bond motifs is 3. The normalized spacial score (nSPS) is 24.2. The fourth-order valence-corrected chi connectivity index (χ4v) is 5.65. The van der Waals surface area contributed by atoms with Gasteiger partial charge in [-0.2, -0.15) is 0 Å². The van der Waals surface area contributed by atoms with Crippen LogP contribution in [0.5, 0.6) is 5.88 Å². The highest BCUT2D eigenvalue weighted by atomic mass is 19.1. The molecule has 8 heteroatoms. The minimum atomic E-state index is -0.366. The van der Waals surface area contributed by atoms with Crippen LogP contribution in [0, 0.1) is 17.7 Å². The fraction of sp³-hybridized carbons (Fsp3) is 0.360. The lowest BCUT2D eigenvalue weighted by molar-refractivity contribution is 0.0271. The van der Waals surface area contributed by atoms with Crippen molar-refractivity contribution in [1.29, 1.82) is 0 Å². The van der Waals surface area contributed by atoms with Gasteiger partial charge in [-0.3, -0.25) is 19.5 Å². The number of halogens is 1. The maximum Gasteiger partial charge on any atom is 0.261 e. The van der Waals surface area contributed by atoms with Gasteiger partial charge in [0.15, 0.2) is 0 Å². The van der Waals surface area contributed by atoms with Crippen molar-refractivity contribution in [3.05, 3.63) is 65.1 Å². The molecule has 2 fully saturated rings. The molecule has 33 heavy (non-hydrogen) atoms. The molecule has 3 aliphatic rings. The number of amides is 2. The van der Waals surface area contributed by atoms with Gasteiger partial charge in [0.1, 0.15) is 5.82 Å². The Balaban J connectivity index is 1.16. The SMILES string of the molecule is COc1ccc2ncc(F)c(CCN3C[C@H]4CC(N5C(=O)c6ccccc6C5=O)[C@H]4C3)c2n1. The van der Waals surface area contributed by atoms with Crippen LogP contribution in [-0.4, -0.2) is 64.4 Å². The van der Waals surface area contributed by atoms with Crippen molar-refractivity contribution >= 4 is 22.8 Å². The second-order valence-corrected chi connectivity index (χ2v) is 9.07. The zero-order chi connectivity index (χ0) is 22.7. The number of likely N-dealkylation sites (tertiary alicyclic amines) is 1. The number of carbonyl (C=O) groups excluding carboxylic acids is 2. The van der Waals surface area contributed by atoms with Crippen LogP contribution >= 0.6 is 0 Å². The summed E-state index contributed by atoms with van der Waals surface area (Å²) >= 11 is 0. The molecule has 0 bridgehead atoms. The average molecular weight is 446 g/mol. The number of nitrogens with zero attached hydrogens (tertiary/aromatic N) is 4. The number of imide groups is 1. The molecule has 2 aliphatic heterocycles. The summed E-state index contributed by atoms with van der Waals surface area (Å²) in [4.78, 5) is 38.1. The first-order chi connectivity index (χ1) is 16.0. The first-order valence-electron chi connectivity index (χ1n) is 11.2. The molecule has 0 radical (unpaired) electrons. The van der Waals surface area contributed by atoms with Crippen molar-refractivity contribution in [3.63, 3.8) is 0 Å². The summed E-state index contributed by atoms with van der Waals surface area (Å²) in [5.74, 6) is 0.431. The molecule has 6 rings (SSSR count). The Bertz CT molecular complexity index is 1260. The van der Waals surface area contributed by atoms with Crippen molar-refractivity contribution in [3.8, 4) is 5.88 Å². The second kappa shape index (κ2) is 7.59. The summed E-state index contributed by atoms with van der Waals surface area (Å²) in [6.07, 6.45) is 2.58. The first kappa shape index (κ1) is 20.2. The second-order valence-electron chi connectivity index (χ2n) is 9.07. The molecule has 1 aromatic carbocycles. The summed E-state index contributed by atoms with van der Waals surface area (Å²) in [5.41, 5.74) is 2.71. The topological polar surface area (TPSA) is 75.6 Å². The van der Waals surface area contributed by atoms with Gasteiger partial charge < -0.3 is 9.64 Å². The molecule has 2 amide bonds. The summed E-state index contributed by atoms with van der Waals surface area (Å²) in [5, 5.41) is 0. The van der Waals surface area contributed by atoms with E-state index in [4.69, 9.17) is 4.74 Å². The molecular weight excluding hydrogens is 423 g/mol. The molecule has 7 nitrogen and oxygen atoms in total. The van der Waals surface area contributed by atoms with E-state index in [1.807, 2.05) is 0 Å². The lowest BCUT2D eigenvalue weighted by atomic mass is 9.70. The van der Waals surface area contributed by atoms with E-state index in [-0.39, 0.29) is 29.6 Å². The molecule has 1 aliphatic carbocycles. The number of hydrogen-bond acceptors (Lipinski definition) is 6. The molecule has 0 N–H and O–H groups in total. The number of benzene rings is 1. The summed E-state index contributed by atoms with van der Waals surface area (Å²) in [7, 11) is 1.53. The average Bonchev–Trinajstić information content (AvgIpc) is 3.28. The van der Waals surface area contributed by atoms with E-state index in [9.17, 15) is 14.0 Å². The summed E-state index contributed by atoms with van der Waals surface area (Å²) < 4.78 is 19.8. The van der Waals surface area contributed by atoms with Crippen LogP contribution in [0.25, 0.3) is 11.0 Å². The van der Waals surface area contributed by atoms with Crippen LogP contribution < -0.4 is 4.74 Å². The van der Waals surface area contributed by atoms with Crippen LogP contribution in [0.4, 0.5) is 4.39 Å². The molecule has 4 heterocycles. The van der Waals surface area contributed by atoms with Gasteiger partial charge in [-0.1, -0.05) is 12.1 Å². The van der Waals surface area contributed by atoms with Crippen molar-refractivity contribution in [2.24, 2.45) is 11.8 Å². The Morgan fingerprint density at radius 3 is 2.58 bits per heavy atom. The largest absolute Gasteiger partial charge is 0.481 e. The molecule has 1 unspecified atom stereocenters. The van der Waals surface area contributed by atoms with Crippen LogP contribution in [0.15, 0.2) is 42.6 Å². The van der Waals surface area contributed by atoms with Gasteiger partial charge in [0.2, 0.25) is 5.88 Å². The van der Waals surface area contributed by atoms with E-state index in [0.717, 1.165) is 19.5 Å². The molecule has 3 atom stereocenters. The minimum Gasteiger partial charge on any atom is -0.481 e. The zero-order valence-electron chi connectivity index (χ0n) is 18.2. The van der Waals surface area contributed by atoms with Crippen LogP contribution in [0.3, 0.4) is 0 Å². The number of hydrogen-bond donors (Lipinski definition) is 0. The van der Waals surface area contributed by atoms with E-state index >= 15 is 0 Å². The molecule has 1 saturated carbocycles. The van der Waals surface area contributed by atoms with Gasteiger partial charge in [0.05, 0.1) is 35.5 Å². The van der Waals surface area contributed by atoms with E-state index < -0.39 is 0 Å². The minimum absolute atomic E-state index is 0.0585. The first-order valence-corrected chi connectivity index (χ1v) is 11.2. The molecule has 3 aromatic rings. The maximum absolute atomic E-state index is 14.6. The van der Waals surface area contributed by atoms with Gasteiger partial charge in [0.25, 0.3) is 11.8 Å². The number of ether oxygens (including phenoxy) is 1. The van der Waals surface area contributed by atoms with Gasteiger partial charge in [-0.25, -0.2) is 9.37 Å². The summed E-state index contributed by atoms with van der Waals surface area (Å²) in [6.45, 7) is 2.37. The highest BCUT2D eigenvalue weighted by molar-refractivity contribution is 6.21. The summed E-state index contributed by atoms with van der Waals surface area (Å²) in [6, 6.07) is 10.5. The molecule has 2 aromatic heterocycles. The number of methoxy groups -OCH3 is 1. The van der Waals surface area contributed by atoms with Gasteiger partial charge in [0, 0.05) is 37.3 Å². The third kappa shape index (κ3) is 3.12. The van der Waals surface area contributed by atoms with Gasteiger partial charge in [-0.05, 0) is 42.9 Å². The Labute approximate surface area is 190 Å². The lowest BCUT2D eigenvalue weighted by Crippen LogP contribution is -2.54. The quantitative estimate of drug-likeness (QED) is 0.561. The monoisotopic (exact) mass is 446 g/mol. The standard InChI is InChI=1S/C25H23FN4O3/c1-33-22-7-6-20-23(28-22)17(19(26)11-27-20)8-9-29-12-14-10-21(18(14)13-29)30-24(31)15-4-2-3-5-16(15)25(30)32/h2-7,11,14,18,21H,8-10,12-13H2,1H3/t14-,18+,21?/m1/s1. The van der Waals surface area contributed by atoms with Crippen molar-refractivity contribution in [2.75, 3.05) is 26.7 Å². The zero-order valence-corrected chi connectivity index (χ0v) is 18.2. The third-order valence-corrected chi connectivity index (χ3v) is 7.39. The molecule has 168 valence electrons. The Hall–Kier alpha value is -3.39. The Morgan fingerprint density at radius 1 is 1.09 bits per heavy atom. The van der Waals surface area contributed by atoms with Crippen molar-refractivity contribution < 1.29 is 18.7 Å². The third-order valence-electron chi connectivity index (χ3n) is 7.39. The van der Waals surface area contributed by atoms with Gasteiger partial charge in [-0.15, -0.1) is 0 Å². The maximum atomic E-state index is 14.6. The smallest absolute Gasteiger partial charge is 0.261 e. The van der Waals surface area contributed by atoms with Crippen molar-refractivity contribution in [2.45, 2.75) is 18.9 Å². The van der Waals surface area contributed by atoms with Crippen LogP contribution in [-0.2, 0) is 6.42 Å². The highest BCUT2D eigenvalue weighted by Gasteiger charge is 2.54. The van der Waals surface area contributed by atoms with E-state index in [1.54, 1.807) is 36.4 Å². The molecular formula is C25H23FN4O3.